The molecule has 0 unspecified atom stereocenters. The molecule has 0 aliphatic heterocycles. The molecule has 9 nitrogen and oxygen atoms in total. The van der Waals surface area contributed by atoms with E-state index in [0.717, 1.165) is 39.7 Å². The molecule has 0 aliphatic carbocycles. The largest absolute Gasteiger partial charge is 0.368 e. The summed E-state index contributed by atoms with van der Waals surface area (Å²) >= 11 is 1.62. The zero-order chi connectivity index (χ0) is 17.1. The monoisotopic (exact) mass is 353 g/mol. The fourth-order valence-electron chi connectivity index (χ4n) is 2.37. The summed E-state index contributed by atoms with van der Waals surface area (Å²) in [6.07, 6.45) is 6.94. The molecule has 4 rings (SSSR count). The molecule has 0 bridgehead atoms. The maximum absolute atomic E-state index is 4.67. The normalized spacial score (nSPS) is 11.1. The lowest BCUT2D eigenvalue weighted by atomic mass is 10.2. The summed E-state index contributed by atoms with van der Waals surface area (Å²) in [5.74, 6) is 2.25. The van der Waals surface area contributed by atoms with Gasteiger partial charge >= 0.3 is 0 Å². The Labute approximate surface area is 147 Å². The number of fused-ring (bicyclic) bond motifs is 1. The number of nitrogens with zero attached hydrogens (tertiary/aromatic N) is 7. The van der Waals surface area contributed by atoms with Crippen LogP contribution in [0.2, 0.25) is 0 Å². The lowest BCUT2D eigenvalue weighted by Crippen LogP contribution is -2.08. The number of aromatic nitrogens is 8. The third-order valence-electron chi connectivity index (χ3n) is 3.57. The van der Waals surface area contributed by atoms with Crippen molar-refractivity contribution in [3.63, 3.8) is 0 Å². The van der Waals surface area contributed by atoms with E-state index < -0.39 is 0 Å². The highest BCUT2D eigenvalue weighted by Gasteiger charge is 2.12. The Hall–Kier alpha value is -3.01. The van der Waals surface area contributed by atoms with Gasteiger partial charge < -0.3 is 5.32 Å². The van der Waals surface area contributed by atoms with Crippen LogP contribution in [0.25, 0.3) is 22.4 Å². The van der Waals surface area contributed by atoms with Crippen LogP contribution in [0.1, 0.15) is 0 Å². The second-order valence-electron chi connectivity index (χ2n) is 5.22. The van der Waals surface area contributed by atoms with Crippen LogP contribution in [0.15, 0.2) is 41.9 Å². The predicted molar refractivity (Wildman–Crippen MR) is 95.1 cm³/mol. The maximum Gasteiger partial charge on any atom is 0.164 e. The molecule has 0 saturated heterocycles. The van der Waals surface area contributed by atoms with Crippen LogP contribution in [0.4, 0.5) is 5.82 Å². The third kappa shape index (κ3) is 3.29. The number of hydrogen-bond donors (Lipinski definition) is 2. The lowest BCUT2D eigenvalue weighted by Gasteiger charge is -2.08. The van der Waals surface area contributed by atoms with E-state index in [1.54, 1.807) is 41.2 Å². The van der Waals surface area contributed by atoms with E-state index in [1.165, 1.54) is 0 Å². The van der Waals surface area contributed by atoms with Crippen LogP contribution in [-0.2, 0) is 7.05 Å². The van der Waals surface area contributed by atoms with E-state index in [4.69, 9.17) is 0 Å². The van der Waals surface area contributed by atoms with Crippen molar-refractivity contribution in [1.29, 1.82) is 0 Å². The molecule has 0 atom stereocenters. The minimum atomic E-state index is 0.644. The van der Waals surface area contributed by atoms with E-state index in [-0.39, 0.29) is 0 Å². The first kappa shape index (κ1) is 15.5. The van der Waals surface area contributed by atoms with E-state index in [2.05, 4.69) is 40.8 Å². The molecule has 0 spiro atoms. The molecule has 0 aromatic carbocycles. The molecule has 0 saturated carbocycles. The molecule has 0 aliphatic rings. The number of aryl methyl sites for hydroxylation is 1. The van der Waals surface area contributed by atoms with Crippen molar-refractivity contribution in [2.24, 2.45) is 7.05 Å². The van der Waals surface area contributed by atoms with Crippen molar-refractivity contribution in [3.05, 3.63) is 36.9 Å². The summed E-state index contributed by atoms with van der Waals surface area (Å²) in [6.45, 7) is 0.730. The molecule has 4 heterocycles. The highest BCUT2D eigenvalue weighted by molar-refractivity contribution is 7.99. The van der Waals surface area contributed by atoms with Crippen molar-refractivity contribution >= 4 is 28.6 Å². The van der Waals surface area contributed by atoms with Crippen LogP contribution in [-0.4, -0.2) is 52.4 Å². The smallest absolute Gasteiger partial charge is 0.164 e. The number of anilines is 1. The van der Waals surface area contributed by atoms with Gasteiger partial charge in [0.25, 0.3) is 0 Å². The molecular formula is C15H15N9S. The molecule has 0 amide bonds. The van der Waals surface area contributed by atoms with Crippen LogP contribution in [0.5, 0.6) is 0 Å². The van der Waals surface area contributed by atoms with E-state index in [9.17, 15) is 0 Å². The standard InChI is InChI=1S/C15H15N9S/c1-24-15-11(8-19-24)14(17-6-7-25-12-9-18-23-22-12)20-13(21-15)10-2-4-16-5-3-10/h2-5,8-9H,6-7H2,1H3,(H,17,20,21)(H,18,22,23). The summed E-state index contributed by atoms with van der Waals surface area (Å²) in [4.78, 5) is 13.3. The van der Waals surface area contributed by atoms with Gasteiger partial charge in [0.15, 0.2) is 11.5 Å². The van der Waals surface area contributed by atoms with Crippen molar-refractivity contribution in [3.8, 4) is 11.4 Å². The number of pyridine rings is 1. The first-order valence-electron chi connectivity index (χ1n) is 7.64. The van der Waals surface area contributed by atoms with Gasteiger partial charge in [-0.25, -0.2) is 9.97 Å². The Balaban J connectivity index is 1.58. The average Bonchev–Trinajstić information content (AvgIpc) is 3.30. The van der Waals surface area contributed by atoms with Crippen molar-refractivity contribution in [1.82, 2.24) is 40.1 Å². The predicted octanol–water partition coefficient (Wildman–Crippen LogP) is 1.75. The fraction of sp³-hybridized carbons (Fsp3) is 0.200. The number of H-pyrrole nitrogens is 1. The van der Waals surface area contributed by atoms with E-state index in [0.29, 0.717) is 5.82 Å². The molecule has 0 radical (unpaired) electrons. The highest BCUT2D eigenvalue weighted by Crippen LogP contribution is 2.24. The zero-order valence-corrected chi connectivity index (χ0v) is 14.2. The topological polar surface area (TPSA) is 110 Å². The maximum atomic E-state index is 4.67. The van der Waals surface area contributed by atoms with Gasteiger partial charge in [0.05, 0.1) is 17.8 Å². The highest BCUT2D eigenvalue weighted by atomic mass is 32.2. The number of thioether (sulfide) groups is 1. The van der Waals surface area contributed by atoms with Crippen LogP contribution in [0.3, 0.4) is 0 Å². The number of aromatic amines is 1. The molecule has 126 valence electrons. The van der Waals surface area contributed by atoms with E-state index in [1.807, 2.05) is 19.2 Å². The molecule has 2 N–H and O–H groups in total. The molecule has 4 aromatic heterocycles. The first-order chi connectivity index (χ1) is 12.3. The minimum Gasteiger partial charge on any atom is -0.368 e. The summed E-state index contributed by atoms with van der Waals surface area (Å²) in [5, 5.41) is 19.9. The van der Waals surface area contributed by atoms with Gasteiger partial charge in [-0.3, -0.25) is 9.67 Å². The van der Waals surface area contributed by atoms with Gasteiger partial charge in [-0.05, 0) is 12.1 Å². The zero-order valence-electron chi connectivity index (χ0n) is 13.4. The Morgan fingerprint density at radius 1 is 1.20 bits per heavy atom. The van der Waals surface area contributed by atoms with Crippen LogP contribution in [0, 0.1) is 0 Å². The van der Waals surface area contributed by atoms with Crippen LogP contribution < -0.4 is 5.32 Å². The van der Waals surface area contributed by atoms with Gasteiger partial charge in [0.2, 0.25) is 0 Å². The average molecular weight is 353 g/mol. The molecule has 4 aromatic rings. The molecule has 0 fully saturated rings. The Bertz CT molecular complexity index is 966. The van der Waals surface area contributed by atoms with Crippen molar-refractivity contribution < 1.29 is 0 Å². The third-order valence-corrected chi connectivity index (χ3v) is 4.47. The molecule has 10 heteroatoms. The Morgan fingerprint density at radius 3 is 2.88 bits per heavy atom. The van der Waals surface area contributed by atoms with Crippen molar-refractivity contribution in [2.45, 2.75) is 5.03 Å². The SMILES string of the molecule is Cn1ncc2c(NCCSc3cn[nH]n3)nc(-c3ccncc3)nc21. The van der Waals surface area contributed by atoms with Gasteiger partial charge in [0, 0.05) is 37.3 Å². The van der Waals surface area contributed by atoms with Gasteiger partial charge in [0.1, 0.15) is 10.8 Å². The van der Waals surface area contributed by atoms with Gasteiger partial charge in [-0.15, -0.1) is 16.9 Å². The Kier molecular flexibility index (Phi) is 4.25. The summed E-state index contributed by atoms with van der Waals surface area (Å²) < 4.78 is 1.75. The molecule has 25 heavy (non-hydrogen) atoms. The fourth-order valence-corrected chi connectivity index (χ4v) is 3.02. The summed E-state index contributed by atoms with van der Waals surface area (Å²) in [5.41, 5.74) is 1.70. The van der Waals surface area contributed by atoms with Gasteiger partial charge in [-0.2, -0.15) is 15.4 Å². The number of hydrogen-bond acceptors (Lipinski definition) is 8. The van der Waals surface area contributed by atoms with Crippen molar-refractivity contribution in [2.75, 3.05) is 17.6 Å². The second kappa shape index (κ2) is 6.85. The number of nitrogens with one attached hydrogen (secondary N) is 2. The summed E-state index contributed by atoms with van der Waals surface area (Å²) in [7, 11) is 1.87. The molecular weight excluding hydrogens is 338 g/mol. The lowest BCUT2D eigenvalue weighted by molar-refractivity contribution is 0.786. The quantitative estimate of drug-likeness (QED) is 0.398. The first-order valence-corrected chi connectivity index (χ1v) is 8.62. The number of rotatable bonds is 6. The van der Waals surface area contributed by atoms with Gasteiger partial charge in [-0.1, -0.05) is 0 Å². The summed E-state index contributed by atoms with van der Waals surface area (Å²) in [6, 6.07) is 3.78. The minimum absolute atomic E-state index is 0.644. The second-order valence-corrected chi connectivity index (χ2v) is 6.34. The van der Waals surface area contributed by atoms with E-state index >= 15 is 0 Å². The Morgan fingerprint density at radius 2 is 2.08 bits per heavy atom. The van der Waals surface area contributed by atoms with Crippen LogP contribution >= 0.6 is 11.8 Å².